The Hall–Kier alpha value is -0.650. The van der Waals surface area contributed by atoms with Gasteiger partial charge in [0.2, 0.25) is 5.91 Å². The molecule has 3 atom stereocenters. The molecule has 1 amide bonds. The lowest BCUT2D eigenvalue weighted by molar-refractivity contribution is -0.145. The normalized spacial score (nSPS) is 41.1. The fraction of sp³-hybridized carbons (Fsp3) is 0.923. The summed E-state index contributed by atoms with van der Waals surface area (Å²) in [5.41, 5.74) is 5.74. The van der Waals surface area contributed by atoms with Crippen LogP contribution >= 0.6 is 0 Å². The molecule has 3 aliphatic rings. The predicted molar refractivity (Wildman–Crippen MR) is 68.1 cm³/mol. The summed E-state index contributed by atoms with van der Waals surface area (Å²) >= 11 is 0. The van der Waals surface area contributed by atoms with Crippen LogP contribution in [-0.4, -0.2) is 67.7 Å². The number of carbonyl (C=O) groups excluding carboxylic acids is 1. The minimum Gasteiger partial charge on any atom is -0.377 e. The third-order valence-electron chi connectivity index (χ3n) is 4.84. The van der Waals surface area contributed by atoms with Crippen LogP contribution in [0.2, 0.25) is 0 Å². The third kappa shape index (κ3) is 1.85. The summed E-state index contributed by atoms with van der Waals surface area (Å²) in [5, 5.41) is 0. The average molecular weight is 253 g/mol. The van der Waals surface area contributed by atoms with Gasteiger partial charge in [0.15, 0.2) is 0 Å². The number of nitrogens with zero attached hydrogens (tertiary/aromatic N) is 2. The van der Waals surface area contributed by atoms with Crippen molar-refractivity contribution in [3.8, 4) is 0 Å². The Kier molecular flexibility index (Phi) is 3.08. The number of rotatable bonds is 1. The topological polar surface area (TPSA) is 58.8 Å². The Labute approximate surface area is 108 Å². The number of likely N-dealkylation sites (N-methyl/N-ethyl adjacent to an activating group) is 1. The number of fused-ring (bicyclic) bond motifs is 1. The van der Waals surface area contributed by atoms with Gasteiger partial charge in [-0.15, -0.1) is 0 Å². The van der Waals surface area contributed by atoms with E-state index in [9.17, 15) is 4.79 Å². The zero-order valence-corrected chi connectivity index (χ0v) is 11.1. The minimum absolute atomic E-state index is 0.0691. The van der Waals surface area contributed by atoms with Crippen molar-refractivity contribution < 1.29 is 9.53 Å². The molecule has 2 N–H and O–H groups in total. The van der Waals surface area contributed by atoms with Crippen LogP contribution in [0.1, 0.15) is 19.3 Å². The SMILES string of the molecule is CN1CCN(C(=O)[C@@]23CCO[C@@H]2C[C@@H](N)C3)CC1. The molecule has 18 heavy (non-hydrogen) atoms. The average Bonchev–Trinajstić information content (AvgIpc) is 2.85. The summed E-state index contributed by atoms with van der Waals surface area (Å²) in [6, 6.07) is 0.131. The second kappa shape index (κ2) is 4.47. The number of hydrogen-bond donors (Lipinski definition) is 1. The first-order valence-electron chi connectivity index (χ1n) is 6.97. The fourth-order valence-corrected chi connectivity index (χ4v) is 3.71. The van der Waals surface area contributed by atoms with E-state index in [1.807, 2.05) is 4.90 Å². The second-order valence-electron chi connectivity index (χ2n) is 6.06. The van der Waals surface area contributed by atoms with E-state index in [0.29, 0.717) is 5.91 Å². The lowest BCUT2D eigenvalue weighted by Gasteiger charge is -2.38. The Morgan fingerprint density at radius 2 is 2.06 bits per heavy atom. The molecule has 0 aromatic rings. The maximum Gasteiger partial charge on any atom is 0.231 e. The van der Waals surface area contributed by atoms with Crippen LogP contribution < -0.4 is 5.73 Å². The van der Waals surface area contributed by atoms with Crippen molar-refractivity contribution in [2.45, 2.75) is 31.4 Å². The van der Waals surface area contributed by atoms with E-state index in [4.69, 9.17) is 10.5 Å². The first-order valence-corrected chi connectivity index (χ1v) is 6.97. The maximum absolute atomic E-state index is 12.8. The molecule has 0 bridgehead atoms. The van der Waals surface area contributed by atoms with Crippen LogP contribution in [-0.2, 0) is 9.53 Å². The molecule has 3 rings (SSSR count). The van der Waals surface area contributed by atoms with Gasteiger partial charge in [-0.25, -0.2) is 0 Å². The van der Waals surface area contributed by atoms with Gasteiger partial charge in [0.1, 0.15) is 0 Å². The zero-order chi connectivity index (χ0) is 12.8. The smallest absolute Gasteiger partial charge is 0.231 e. The first-order chi connectivity index (χ1) is 8.62. The molecule has 1 saturated carbocycles. The second-order valence-corrected chi connectivity index (χ2v) is 6.06. The van der Waals surface area contributed by atoms with Crippen molar-refractivity contribution >= 4 is 5.91 Å². The summed E-state index contributed by atoms with van der Waals surface area (Å²) in [6.45, 7) is 4.35. The predicted octanol–water partition coefficient (Wildman–Crippen LogP) is -0.343. The van der Waals surface area contributed by atoms with Crippen LogP contribution in [0.25, 0.3) is 0 Å². The van der Waals surface area contributed by atoms with Gasteiger partial charge >= 0.3 is 0 Å². The number of ether oxygens (including phenoxy) is 1. The number of carbonyl (C=O) groups is 1. The van der Waals surface area contributed by atoms with Crippen molar-refractivity contribution in [2.75, 3.05) is 39.8 Å². The summed E-state index contributed by atoms with van der Waals surface area (Å²) in [5.74, 6) is 0.297. The van der Waals surface area contributed by atoms with Gasteiger partial charge in [0.05, 0.1) is 11.5 Å². The zero-order valence-electron chi connectivity index (χ0n) is 11.1. The molecule has 0 unspecified atom stereocenters. The van der Waals surface area contributed by atoms with Crippen LogP contribution in [0.5, 0.6) is 0 Å². The quantitative estimate of drug-likeness (QED) is 0.694. The molecule has 102 valence electrons. The molecule has 0 radical (unpaired) electrons. The van der Waals surface area contributed by atoms with Crippen molar-refractivity contribution in [3.63, 3.8) is 0 Å². The summed E-state index contributed by atoms with van der Waals surface area (Å²) in [6.07, 6.45) is 2.58. The molecule has 2 aliphatic heterocycles. The largest absolute Gasteiger partial charge is 0.377 e. The first kappa shape index (κ1) is 12.4. The van der Waals surface area contributed by atoms with E-state index < -0.39 is 0 Å². The lowest BCUT2D eigenvalue weighted by Crippen LogP contribution is -2.53. The Balaban J connectivity index is 1.75. The van der Waals surface area contributed by atoms with E-state index in [2.05, 4.69) is 11.9 Å². The van der Waals surface area contributed by atoms with Crippen LogP contribution in [0, 0.1) is 5.41 Å². The maximum atomic E-state index is 12.8. The number of nitrogens with two attached hydrogens (primary N) is 1. The van der Waals surface area contributed by atoms with E-state index in [-0.39, 0.29) is 17.6 Å². The van der Waals surface area contributed by atoms with Gasteiger partial charge in [-0.05, 0) is 26.3 Å². The van der Waals surface area contributed by atoms with Gasteiger partial charge in [-0.2, -0.15) is 0 Å². The number of hydrogen-bond acceptors (Lipinski definition) is 4. The molecule has 0 aromatic heterocycles. The van der Waals surface area contributed by atoms with Gasteiger partial charge in [0.25, 0.3) is 0 Å². The van der Waals surface area contributed by atoms with Crippen molar-refractivity contribution in [1.29, 1.82) is 0 Å². The molecule has 2 heterocycles. The highest BCUT2D eigenvalue weighted by atomic mass is 16.5. The molecular weight excluding hydrogens is 230 g/mol. The van der Waals surface area contributed by atoms with Crippen molar-refractivity contribution in [2.24, 2.45) is 11.1 Å². The highest BCUT2D eigenvalue weighted by Crippen LogP contribution is 2.48. The van der Waals surface area contributed by atoms with E-state index in [0.717, 1.165) is 52.0 Å². The standard InChI is InChI=1S/C13H23N3O2/c1-15-3-5-16(6-4-15)12(17)13-2-7-18-11(13)8-10(14)9-13/h10-11H,2-9,14H2,1H3/t10-,11-,13-/m1/s1. The van der Waals surface area contributed by atoms with E-state index >= 15 is 0 Å². The molecule has 0 spiro atoms. The Morgan fingerprint density at radius 3 is 2.78 bits per heavy atom. The van der Waals surface area contributed by atoms with Crippen molar-refractivity contribution in [3.05, 3.63) is 0 Å². The third-order valence-corrected chi connectivity index (χ3v) is 4.84. The summed E-state index contributed by atoms with van der Waals surface area (Å²) in [4.78, 5) is 17.1. The van der Waals surface area contributed by atoms with E-state index in [1.165, 1.54) is 0 Å². The van der Waals surface area contributed by atoms with Crippen LogP contribution in [0.15, 0.2) is 0 Å². The molecular formula is C13H23N3O2. The fourth-order valence-electron chi connectivity index (χ4n) is 3.71. The minimum atomic E-state index is -0.296. The van der Waals surface area contributed by atoms with E-state index in [1.54, 1.807) is 0 Å². The monoisotopic (exact) mass is 253 g/mol. The summed E-state index contributed by atoms with van der Waals surface area (Å²) in [7, 11) is 2.10. The number of amides is 1. The Morgan fingerprint density at radius 1 is 1.33 bits per heavy atom. The van der Waals surface area contributed by atoms with Gasteiger partial charge in [-0.1, -0.05) is 0 Å². The molecule has 1 aliphatic carbocycles. The van der Waals surface area contributed by atoms with Gasteiger partial charge in [0, 0.05) is 38.8 Å². The molecule has 5 nitrogen and oxygen atoms in total. The Bertz CT molecular complexity index is 341. The highest BCUT2D eigenvalue weighted by molar-refractivity contribution is 5.84. The molecule has 3 fully saturated rings. The van der Waals surface area contributed by atoms with Crippen LogP contribution in [0.3, 0.4) is 0 Å². The molecule has 5 heteroatoms. The number of piperazine rings is 1. The highest BCUT2D eigenvalue weighted by Gasteiger charge is 2.56. The molecule has 0 aromatic carbocycles. The summed E-state index contributed by atoms with van der Waals surface area (Å²) < 4.78 is 5.75. The molecule has 2 saturated heterocycles. The van der Waals surface area contributed by atoms with Crippen LogP contribution in [0.4, 0.5) is 0 Å². The van der Waals surface area contributed by atoms with Gasteiger partial charge in [-0.3, -0.25) is 4.79 Å². The van der Waals surface area contributed by atoms with Gasteiger partial charge < -0.3 is 20.3 Å². The van der Waals surface area contributed by atoms with Crippen molar-refractivity contribution in [1.82, 2.24) is 9.80 Å². The lowest BCUT2D eigenvalue weighted by atomic mass is 9.81.